The van der Waals surface area contributed by atoms with Crippen LogP contribution in [-0.4, -0.2) is 32.2 Å². The van der Waals surface area contributed by atoms with Crippen LogP contribution >= 0.6 is 7.82 Å². The SMILES string of the molecule is CCOP(=O)(OCC)OC1=CCC(C2(C)OCCO2)CC1. The highest BCUT2D eigenvalue weighted by molar-refractivity contribution is 7.48. The Labute approximate surface area is 126 Å². The van der Waals surface area contributed by atoms with Crippen molar-refractivity contribution >= 4 is 7.82 Å². The zero-order valence-corrected chi connectivity index (χ0v) is 13.9. The van der Waals surface area contributed by atoms with Crippen LogP contribution in [0.25, 0.3) is 0 Å². The van der Waals surface area contributed by atoms with Gasteiger partial charge in [0, 0.05) is 12.3 Å². The molecule has 0 amide bonds. The average molecular weight is 320 g/mol. The van der Waals surface area contributed by atoms with Crippen LogP contribution in [0.5, 0.6) is 0 Å². The van der Waals surface area contributed by atoms with Gasteiger partial charge >= 0.3 is 7.82 Å². The van der Waals surface area contributed by atoms with E-state index in [9.17, 15) is 4.57 Å². The predicted molar refractivity (Wildman–Crippen MR) is 77.7 cm³/mol. The summed E-state index contributed by atoms with van der Waals surface area (Å²) in [5.41, 5.74) is 0. The van der Waals surface area contributed by atoms with Gasteiger partial charge in [-0.05, 0) is 39.7 Å². The minimum atomic E-state index is -3.48. The van der Waals surface area contributed by atoms with E-state index in [0.717, 1.165) is 12.8 Å². The molecule has 1 aliphatic heterocycles. The molecule has 1 unspecified atom stereocenters. The first-order valence-corrected chi connectivity index (χ1v) is 9.03. The van der Waals surface area contributed by atoms with Crippen molar-refractivity contribution in [2.24, 2.45) is 5.92 Å². The number of hydrogen-bond donors (Lipinski definition) is 0. The topological polar surface area (TPSA) is 63.2 Å². The van der Waals surface area contributed by atoms with Crippen LogP contribution in [0.4, 0.5) is 0 Å². The van der Waals surface area contributed by atoms with Crippen molar-refractivity contribution in [1.29, 1.82) is 0 Å². The molecule has 1 atom stereocenters. The molecule has 7 heteroatoms. The van der Waals surface area contributed by atoms with Crippen molar-refractivity contribution in [3.8, 4) is 0 Å². The summed E-state index contributed by atoms with van der Waals surface area (Å²) in [6.07, 6.45) is 4.25. The molecular weight excluding hydrogens is 295 g/mol. The Hall–Kier alpha value is -0.390. The number of hydrogen-bond acceptors (Lipinski definition) is 6. The fourth-order valence-electron chi connectivity index (χ4n) is 2.69. The summed E-state index contributed by atoms with van der Waals surface area (Å²) < 4.78 is 39.5. The molecule has 2 aliphatic rings. The van der Waals surface area contributed by atoms with Crippen LogP contribution in [0.2, 0.25) is 0 Å². The van der Waals surface area contributed by atoms with Crippen LogP contribution in [-0.2, 0) is 27.6 Å². The lowest BCUT2D eigenvalue weighted by atomic mass is 9.87. The summed E-state index contributed by atoms with van der Waals surface area (Å²) in [5.74, 6) is 0.440. The number of allylic oxidation sites excluding steroid dienone is 2. The average Bonchev–Trinajstić information content (AvgIpc) is 2.88. The lowest BCUT2D eigenvalue weighted by Gasteiger charge is -2.34. The largest absolute Gasteiger partial charge is 0.529 e. The maximum Gasteiger partial charge on any atom is 0.529 e. The predicted octanol–water partition coefficient (Wildman–Crippen LogP) is 3.63. The second-order valence-corrected chi connectivity index (χ2v) is 6.82. The Bertz CT molecular complexity index is 406. The van der Waals surface area contributed by atoms with E-state index in [1.807, 2.05) is 13.0 Å². The number of rotatable bonds is 7. The Balaban J connectivity index is 1.94. The normalized spacial score (nSPS) is 25.7. The molecule has 0 radical (unpaired) electrons. The molecule has 1 fully saturated rings. The molecule has 0 N–H and O–H groups in total. The van der Waals surface area contributed by atoms with Gasteiger partial charge in [-0.25, -0.2) is 4.57 Å². The van der Waals surface area contributed by atoms with Crippen molar-refractivity contribution in [1.82, 2.24) is 0 Å². The van der Waals surface area contributed by atoms with Gasteiger partial charge in [-0.3, -0.25) is 9.05 Å². The highest BCUT2D eigenvalue weighted by atomic mass is 31.2. The fraction of sp³-hybridized carbons (Fsp3) is 0.857. The molecule has 0 aromatic heterocycles. The highest BCUT2D eigenvalue weighted by Gasteiger charge is 2.41. The van der Waals surface area contributed by atoms with Crippen molar-refractivity contribution in [2.45, 2.75) is 45.8 Å². The van der Waals surface area contributed by atoms with E-state index in [4.69, 9.17) is 23.0 Å². The molecule has 1 saturated heterocycles. The molecule has 0 aromatic carbocycles. The van der Waals surface area contributed by atoms with Crippen LogP contribution in [0.1, 0.15) is 40.0 Å². The van der Waals surface area contributed by atoms with Crippen LogP contribution < -0.4 is 0 Å². The maximum atomic E-state index is 12.3. The van der Waals surface area contributed by atoms with Crippen molar-refractivity contribution < 1.29 is 27.6 Å². The quantitative estimate of drug-likeness (QED) is 0.668. The van der Waals surface area contributed by atoms with Gasteiger partial charge in [-0.15, -0.1) is 0 Å². The first-order valence-electron chi connectivity index (χ1n) is 7.57. The van der Waals surface area contributed by atoms with E-state index >= 15 is 0 Å². The summed E-state index contributed by atoms with van der Waals surface area (Å²) in [6.45, 7) is 7.36. The van der Waals surface area contributed by atoms with E-state index in [-0.39, 0.29) is 19.1 Å². The molecule has 122 valence electrons. The first kappa shape index (κ1) is 17.0. The van der Waals surface area contributed by atoms with Gasteiger partial charge < -0.3 is 14.0 Å². The molecule has 21 heavy (non-hydrogen) atoms. The third-order valence-corrected chi connectivity index (χ3v) is 5.38. The molecule has 0 bridgehead atoms. The van der Waals surface area contributed by atoms with E-state index < -0.39 is 13.6 Å². The molecule has 1 aliphatic carbocycles. The van der Waals surface area contributed by atoms with E-state index in [1.165, 1.54) is 0 Å². The van der Waals surface area contributed by atoms with Crippen molar-refractivity contribution in [2.75, 3.05) is 26.4 Å². The summed E-state index contributed by atoms with van der Waals surface area (Å²) in [7, 11) is -3.48. The van der Waals surface area contributed by atoms with Gasteiger partial charge in [0.1, 0.15) is 5.76 Å². The number of phosphoric ester groups is 1. The fourth-order valence-corrected chi connectivity index (χ4v) is 3.95. The Morgan fingerprint density at radius 3 is 2.38 bits per heavy atom. The van der Waals surface area contributed by atoms with Gasteiger partial charge in [-0.2, -0.15) is 0 Å². The minimum absolute atomic E-state index is 0.283. The van der Waals surface area contributed by atoms with Gasteiger partial charge in [-0.1, -0.05) is 0 Å². The van der Waals surface area contributed by atoms with Crippen LogP contribution in [0.15, 0.2) is 11.8 Å². The van der Waals surface area contributed by atoms with Gasteiger partial charge in [0.2, 0.25) is 0 Å². The Morgan fingerprint density at radius 2 is 1.90 bits per heavy atom. The maximum absolute atomic E-state index is 12.3. The Kier molecular flexibility index (Phi) is 5.86. The number of phosphoric acid groups is 1. The lowest BCUT2D eigenvalue weighted by Crippen LogP contribution is -2.36. The van der Waals surface area contributed by atoms with Gasteiger partial charge in [0.05, 0.1) is 26.4 Å². The van der Waals surface area contributed by atoms with E-state index in [1.54, 1.807) is 13.8 Å². The van der Waals surface area contributed by atoms with Gasteiger partial charge in [0.25, 0.3) is 0 Å². The monoisotopic (exact) mass is 320 g/mol. The lowest BCUT2D eigenvalue weighted by molar-refractivity contribution is -0.183. The summed E-state index contributed by atoms with van der Waals surface area (Å²) in [4.78, 5) is 0. The molecule has 0 aromatic rings. The second kappa shape index (κ2) is 7.25. The molecule has 6 nitrogen and oxygen atoms in total. The summed E-state index contributed by atoms with van der Waals surface area (Å²) in [6, 6.07) is 0. The minimum Gasteiger partial charge on any atom is -0.409 e. The molecular formula is C14H25O6P. The Morgan fingerprint density at radius 1 is 1.29 bits per heavy atom. The molecule has 0 spiro atoms. The first-order chi connectivity index (χ1) is 10.0. The third kappa shape index (κ3) is 4.30. The van der Waals surface area contributed by atoms with Gasteiger partial charge in [0.15, 0.2) is 5.79 Å². The number of ether oxygens (including phenoxy) is 2. The second-order valence-electron chi connectivity index (χ2n) is 5.23. The molecule has 1 heterocycles. The van der Waals surface area contributed by atoms with Crippen LogP contribution in [0, 0.1) is 5.92 Å². The van der Waals surface area contributed by atoms with Crippen molar-refractivity contribution in [3.05, 3.63) is 11.8 Å². The van der Waals surface area contributed by atoms with E-state index in [2.05, 4.69) is 0 Å². The van der Waals surface area contributed by atoms with E-state index in [0.29, 0.717) is 25.4 Å². The standard InChI is InChI=1S/C14H25O6P/c1-4-18-21(15,19-5-2)20-13-8-6-12(7-9-13)14(3)16-10-11-17-14/h8,12H,4-7,9-11H2,1-3H3. The molecule has 0 saturated carbocycles. The third-order valence-electron chi connectivity index (χ3n) is 3.77. The zero-order valence-electron chi connectivity index (χ0n) is 13.0. The molecule has 2 rings (SSSR count). The summed E-state index contributed by atoms with van der Waals surface area (Å²) in [5, 5.41) is 0. The smallest absolute Gasteiger partial charge is 0.409 e. The summed E-state index contributed by atoms with van der Waals surface area (Å²) >= 11 is 0. The van der Waals surface area contributed by atoms with Crippen molar-refractivity contribution in [3.63, 3.8) is 0 Å². The zero-order chi connectivity index (χ0) is 15.3. The van der Waals surface area contributed by atoms with Crippen LogP contribution in [0.3, 0.4) is 0 Å². The highest BCUT2D eigenvalue weighted by Crippen LogP contribution is 2.52.